The molecule has 0 saturated heterocycles. The third-order valence-electron chi connectivity index (χ3n) is 8.50. The summed E-state index contributed by atoms with van der Waals surface area (Å²) in [4.78, 5) is 22.9. The lowest BCUT2D eigenvalue weighted by Gasteiger charge is -2.55. The number of ether oxygens (including phenoxy) is 1. The smallest absolute Gasteiger partial charge is 0.304 e. The quantitative estimate of drug-likeness (QED) is 0.299. The highest BCUT2D eigenvalue weighted by Crippen LogP contribution is 2.66. The van der Waals surface area contributed by atoms with Crippen molar-refractivity contribution in [2.75, 3.05) is 0 Å². The minimum absolute atomic E-state index is 0.0110. The van der Waals surface area contributed by atoms with Gasteiger partial charge in [0.25, 0.3) is 0 Å². The number of fused-ring (bicyclic) bond motifs is 4. The maximum atomic E-state index is 11.9. The molecule has 0 N–H and O–H groups in total. The molecule has 4 heteroatoms. The first-order valence-corrected chi connectivity index (χ1v) is 10.7. The molecule has 0 amide bonds. The second kappa shape index (κ2) is 6.76. The van der Waals surface area contributed by atoms with Crippen molar-refractivity contribution < 1.29 is 9.53 Å². The van der Waals surface area contributed by atoms with Gasteiger partial charge in [0, 0.05) is 12.3 Å². The van der Waals surface area contributed by atoms with Crippen LogP contribution in [0.1, 0.15) is 78.1 Å². The molecular formula is C23H31NO3. The zero-order valence-electron chi connectivity index (χ0n) is 16.6. The van der Waals surface area contributed by atoms with Gasteiger partial charge in [-0.1, -0.05) is 29.2 Å². The summed E-state index contributed by atoms with van der Waals surface area (Å²) in [5.41, 5.74) is 2.37. The third kappa shape index (κ3) is 2.61. The highest BCUT2D eigenvalue weighted by atomic mass is 16.6. The molecule has 0 aromatic carbocycles. The fourth-order valence-corrected chi connectivity index (χ4v) is 7.46. The summed E-state index contributed by atoms with van der Waals surface area (Å²) in [5, 5.41) is 3.32. The summed E-state index contributed by atoms with van der Waals surface area (Å²) in [7, 11) is 0. The number of hydrogen-bond acceptors (Lipinski definition) is 4. The Labute approximate surface area is 162 Å². The van der Waals surface area contributed by atoms with Crippen LogP contribution in [-0.4, -0.2) is 17.6 Å². The summed E-state index contributed by atoms with van der Waals surface area (Å²) < 4.78 is 5.89. The topological polar surface area (TPSA) is 55.7 Å². The van der Waals surface area contributed by atoms with Crippen molar-refractivity contribution in [2.24, 2.45) is 28.3 Å². The Morgan fingerprint density at radius 3 is 2.74 bits per heavy atom. The van der Waals surface area contributed by atoms with Crippen LogP contribution < -0.4 is 0 Å². The van der Waals surface area contributed by atoms with E-state index in [1.807, 2.05) is 0 Å². The summed E-state index contributed by atoms with van der Waals surface area (Å²) in [6.07, 6.45) is 16.2. The molecule has 4 rings (SSSR count). The van der Waals surface area contributed by atoms with E-state index in [9.17, 15) is 9.70 Å². The molecule has 0 heterocycles. The number of terminal acetylenes is 1. The number of nitrogens with zero attached hydrogens (tertiary/aromatic N) is 1. The number of esters is 1. The van der Waals surface area contributed by atoms with Crippen molar-refractivity contribution in [3.8, 4) is 12.3 Å². The van der Waals surface area contributed by atoms with Crippen molar-refractivity contribution in [3.63, 3.8) is 0 Å². The molecule has 0 aromatic rings. The van der Waals surface area contributed by atoms with Crippen molar-refractivity contribution >= 4 is 5.97 Å². The maximum absolute atomic E-state index is 11.9. The van der Waals surface area contributed by atoms with Crippen LogP contribution in [-0.2, 0) is 9.53 Å². The van der Waals surface area contributed by atoms with Gasteiger partial charge in [-0.05, 0) is 82.0 Å². The summed E-state index contributed by atoms with van der Waals surface area (Å²) >= 11 is 0. The molecule has 4 aliphatic carbocycles. The molecule has 0 radical (unpaired) electrons. The van der Waals surface area contributed by atoms with Crippen LogP contribution in [0.5, 0.6) is 0 Å². The highest BCUT2D eigenvalue weighted by Gasteiger charge is 2.65. The second-order valence-corrected chi connectivity index (χ2v) is 9.20. The average Bonchev–Trinajstić information content (AvgIpc) is 3.01. The molecule has 4 nitrogen and oxygen atoms in total. The molecule has 27 heavy (non-hydrogen) atoms. The van der Waals surface area contributed by atoms with Crippen LogP contribution in [0.15, 0.2) is 16.3 Å². The van der Waals surface area contributed by atoms with E-state index in [1.165, 1.54) is 18.9 Å². The average molecular weight is 370 g/mol. The van der Waals surface area contributed by atoms with Gasteiger partial charge in [0.2, 0.25) is 0 Å². The lowest BCUT2D eigenvalue weighted by atomic mass is 9.51. The standard InChI is InChI=1S/C23H31NO3/c1-4-22-12-10-19-18-9-7-17(24-26)14-16(18)6-8-20(19)21(22)11-13-23(22,5-2)27-15(3)25/h2,17,19-21H,4,6-14H2,1,3H3/t17?,19-,20-,21+,22+,23+/m1/s1. The van der Waals surface area contributed by atoms with Gasteiger partial charge in [0.1, 0.15) is 0 Å². The van der Waals surface area contributed by atoms with E-state index in [2.05, 4.69) is 18.0 Å². The zero-order chi connectivity index (χ0) is 19.2. The van der Waals surface area contributed by atoms with Gasteiger partial charge in [0.05, 0.1) is 6.04 Å². The van der Waals surface area contributed by atoms with Crippen LogP contribution in [0.3, 0.4) is 0 Å². The predicted octanol–water partition coefficient (Wildman–Crippen LogP) is 5.16. The lowest BCUT2D eigenvalue weighted by Crippen LogP contribution is -2.54. The van der Waals surface area contributed by atoms with Crippen LogP contribution in [0.25, 0.3) is 0 Å². The normalized spacial score (nSPS) is 43.1. The molecule has 0 spiro atoms. The Hall–Kier alpha value is -1.63. The van der Waals surface area contributed by atoms with Crippen molar-refractivity contribution in [1.29, 1.82) is 0 Å². The van der Waals surface area contributed by atoms with E-state index in [4.69, 9.17) is 11.2 Å². The zero-order valence-corrected chi connectivity index (χ0v) is 16.6. The summed E-state index contributed by atoms with van der Waals surface area (Å²) in [6.45, 7) is 3.71. The summed E-state index contributed by atoms with van der Waals surface area (Å²) in [6, 6.07) is -0.0110. The fourth-order valence-electron chi connectivity index (χ4n) is 7.46. The van der Waals surface area contributed by atoms with E-state index in [0.717, 1.165) is 57.8 Å². The molecule has 6 atom stereocenters. The van der Waals surface area contributed by atoms with E-state index >= 15 is 0 Å². The Kier molecular flexibility index (Phi) is 4.69. The molecular weight excluding hydrogens is 338 g/mol. The van der Waals surface area contributed by atoms with Gasteiger partial charge in [-0.15, -0.1) is 6.42 Å². The number of hydrogen-bond donors (Lipinski definition) is 0. The number of carbonyl (C=O) groups excluding carboxylic acids is 1. The van der Waals surface area contributed by atoms with E-state index < -0.39 is 5.60 Å². The largest absolute Gasteiger partial charge is 0.445 e. The third-order valence-corrected chi connectivity index (χ3v) is 8.50. The first-order valence-electron chi connectivity index (χ1n) is 10.7. The van der Waals surface area contributed by atoms with E-state index in [0.29, 0.717) is 17.8 Å². The first-order chi connectivity index (χ1) is 13.0. The Morgan fingerprint density at radius 2 is 2.07 bits per heavy atom. The van der Waals surface area contributed by atoms with Crippen LogP contribution >= 0.6 is 0 Å². The second-order valence-electron chi connectivity index (χ2n) is 9.20. The Bertz CT molecular complexity index is 720. The van der Waals surface area contributed by atoms with Gasteiger partial charge in [-0.3, -0.25) is 4.79 Å². The number of nitroso groups, excluding NO2 is 1. The lowest BCUT2D eigenvalue weighted by molar-refractivity contribution is -0.169. The van der Waals surface area contributed by atoms with E-state index in [1.54, 1.807) is 5.57 Å². The van der Waals surface area contributed by atoms with E-state index in [-0.39, 0.29) is 17.4 Å². The maximum Gasteiger partial charge on any atom is 0.304 e. The first kappa shape index (κ1) is 18.7. The van der Waals surface area contributed by atoms with Gasteiger partial charge in [-0.2, -0.15) is 4.91 Å². The Balaban J connectivity index is 1.66. The van der Waals surface area contributed by atoms with Crippen LogP contribution in [0.4, 0.5) is 0 Å². The van der Waals surface area contributed by atoms with Crippen molar-refractivity contribution in [1.82, 2.24) is 0 Å². The van der Waals surface area contributed by atoms with Gasteiger partial charge < -0.3 is 4.74 Å². The molecule has 1 unspecified atom stereocenters. The SMILES string of the molecule is C#C[C@]1(OC(C)=O)CC[C@H]2[C@@H]3CCC4=C(CCC(N=O)C4)[C@H]3CC[C@@]21CC. The van der Waals surface area contributed by atoms with Crippen molar-refractivity contribution in [3.05, 3.63) is 16.1 Å². The predicted molar refractivity (Wildman–Crippen MR) is 105 cm³/mol. The van der Waals surface area contributed by atoms with Gasteiger partial charge >= 0.3 is 5.97 Å². The minimum atomic E-state index is -0.725. The molecule has 0 bridgehead atoms. The minimum Gasteiger partial charge on any atom is -0.445 e. The van der Waals surface area contributed by atoms with Gasteiger partial charge in [-0.25, -0.2) is 0 Å². The molecule has 0 aliphatic heterocycles. The van der Waals surface area contributed by atoms with Gasteiger partial charge in [0.15, 0.2) is 5.60 Å². The number of rotatable bonds is 3. The monoisotopic (exact) mass is 369 g/mol. The Morgan fingerprint density at radius 1 is 1.26 bits per heavy atom. The van der Waals surface area contributed by atoms with Crippen LogP contribution in [0.2, 0.25) is 0 Å². The molecule has 4 aliphatic rings. The molecule has 2 saturated carbocycles. The van der Waals surface area contributed by atoms with Crippen LogP contribution in [0, 0.1) is 40.4 Å². The summed E-state index contributed by atoms with van der Waals surface area (Å²) in [5.74, 6) is 4.52. The van der Waals surface area contributed by atoms with Crippen molar-refractivity contribution in [2.45, 2.75) is 89.7 Å². The molecule has 0 aromatic heterocycles. The molecule has 146 valence electrons. The number of allylic oxidation sites excluding steroid dienone is 1. The molecule has 2 fully saturated rings. The fraction of sp³-hybridized carbons (Fsp3) is 0.783. The number of carbonyl (C=O) groups is 1. The highest BCUT2D eigenvalue weighted by molar-refractivity contribution is 5.67.